The van der Waals surface area contributed by atoms with Gasteiger partial charge in [0.1, 0.15) is 0 Å². The van der Waals surface area contributed by atoms with Crippen molar-refractivity contribution in [3.63, 3.8) is 0 Å². The molecule has 0 bridgehead atoms. The van der Waals surface area contributed by atoms with Crippen molar-refractivity contribution in [2.75, 3.05) is 12.4 Å². The van der Waals surface area contributed by atoms with Crippen molar-refractivity contribution in [3.8, 4) is 17.0 Å². The number of hydrogen-bond acceptors (Lipinski definition) is 7. The number of methoxy groups -OCH3 is 1. The highest BCUT2D eigenvalue weighted by molar-refractivity contribution is 7.90. The van der Waals surface area contributed by atoms with Crippen LogP contribution in [-0.2, 0) is 29.4 Å². The number of nitrogens with one attached hydrogen (secondary N) is 2. The third-order valence-corrected chi connectivity index (χ3v) is 6.67. The lowest BCUT2D eigenvalue weighted by Crippen LogP contribution is -2.35. The second-order valence-corrected chi connectivity index (χ2v) is 10.4. The lowest BCUT2D eigenvalue weighted by molar-refractivity contribution is 0.0573. The Morgan fingerprint density at radius 1 is 1.24 bits per heavy atom. The summed E-state index contributed by atoms with van der Waals surface area (Å²) in [6.45, 7) is 3.27. The molecule has 4 rings (SSSR count). The van der Waals surface area contributed by atoms with Gasteiger partial charge in [0, 0.05) is 24.0 Å². The minimum atomic E-state index is -4.22. The van der Waals surface area contributed by atoms with Crippen LogP contribution in [0, 0.1) is 0 Å². The first-order chi connectivity index (χ1) is 16.1. The van der Waals surface area contributed by atoms with Gasteiger partial charge >= 0.3 is 6.03 Å². The largest absolute Gasteiger partial charge is 0.481 e. The molecule has 3 N–H and O–H groups in total. The average molecular weight is 486 g/mol. The number of carbonyl (C=O) groups excluding carboxylic acids is 1. The third kappa shape index (κ3) is 5.20. The van der Waals surface area contributed by atoms with E-state index in [2.05, 4.69) is 15.4 Å². The third-order valence-electron chi connectivity index (χ3n) is 5.44. The molecular weight excluding hydrogens is 458 g/mol. The molecule has 3 aromatic rings. The number of aryl methyl sites for hydroxylation is 1. The molecule has 2 amide bonds. The van der Waals surface area contributed by atoms with Crippen molar-refractivity contribution in [1.82, 2.24) is 19.5 Å². The second kappa shape index (κ2) is 9.07. The number of aromatic nitrogens is 3. The molecule has 34 heavy (non-hydrogen) atoms. The van der Waals surface area contributed by atoms with Crippen LogP contribution in [0.3, 0.4) is 0 Å². The van der Waals surface area contributed by atoms with Gasteiger partial charge in [-0.1, -0.05) is 12.1 Å². The number of nitrogens with zero attached hydrogens (tertiary/aromatic N) is 3. The van der Waals surface area contributed by atoms with E-state index >= 15 is 0 Å². The summed E-state index contributed by atoms with van der Waals surface area (Å²) >= 11 is 0. The van der Waals surface area contributed by atoms with E-state index in [0.717, 1.165) is 41.5 Å². The fourth-order valence-corrected chi connectivity index (χ4v) is 4.87. The van der Waals surface area contributed by atoms with Crippen molar-refractivity contribution in [1.29, 1.82) is 0 Å². The molecule has 0 unspecified atom stereocenters. The molecular formula is C23H27N5O5S. The molecule has 180 valence electrons. The number of aliphatic hydroxyl groups is 1. The highest BCUT2D eigenvalue weighted by Crippen LogP contribution is 2.38. The van der Waals surface area contributed by atoms with E-state index in [-0.39, 0.29) is 11.6 Å². The standard InChI is InChI=1S/C23H27N5O5S/c1-23(2,30)14-28-12-10-20(26-28)34(31,32)27-22(29)25-21-17-6-4-5-15(17)7-8-18(21)16-9-11-24-19(13-16)33-3/h7-13,30H,4-6,14H2,1-3H3,(H2,25,27,29). The number of hydrogen-bond donors (Lipinski definition) is 3. The fourth-order valence-electron chi connectivity index (χ4n) is 4.02. The molecule has 0 atom stereocenters. The predicted octanol–water partition coefficient (Wildman–Crippen LogP) is 2.72. The monoisotopic (exact) mass is 485 g/mol. The number of anilines is 1. The molecule has 1 aliphatic carbocycles. The Labute approximate surface area is 198 Å². The molecule has 0 aliphatic heterocycles. The van der Waals surface area contributed by atoms with Gasteiger partial charge in [0.2, 0.25) is 5.88 Å². The topological polar surface area (TPSA) is 135 Å². The van der Waals surface area contributed by atoms with Crippen molar-refractivity contribution in [2.45, 2.75) is 50.3 Å². The molecule has 2 aromatic heterocycles. The Hall–Kier alpha value is -3.44. The first kappa shape index (κ1) is 23.7. The minimum Gasteiger partial charge on any atom is -0.481 e. The number of benzene rings is 1. The number of sulfonamides is 1. The van der Waals surface area contributed by atoms with Gasteiger partial charge in [-0.3, -0.25) is 4.68 Å². The van der Waals surface area contributed by atoms with Crippen molar-refractivity contribution in [2.24, 2.45) is 0 Å². The van der Waals surface area contributed by atoms with Crippen LogP contribution in [0.4, 0.5) is 10.5 Å². The summed E-state index contributed by atoms with van der Waals surface area (Å²) in [6, 6.07) is 7.87. The maximum Gasteiger partial charge on any atom is 0.333 e. The summed E-state index contributed by atoms with van der Waals surface area (Å²) in [4.78, 5) is 17.0. The molecule has 1 aromatic carbocycles. The molecule has 2 heterocycles. The van der Waals surface area contributed by atoms with Gasteiger partial charge in [-0.25, -0.2) is 14.5 Å². The molecule has 0 saturated heterocycles. The zero-order valence-corrected chi connectivity index (χ0v) is 20.0. The zero-order valence-electron chi connectivity index (χ0n) is 19.2. The van der Waals surface area contributed by atoms with E-state index < -0.39 is 21.7 Å². The minimum absolute atomic E-state index is 0.101. The number of carbonyl (C=O) groups is 1. The van der Waals surface area contributed by atoms with Crippen molar-refractivity contribution in [3.05, 3.63) is 53.9 Å². The quantitative estimate of drug-likeness (QED) is 0.468. The van der Waals surface area contributed by atoms with Crippen molar-refractivity contribution < 1.29 is 23.1 Å². The van der Waals surface area contributed by atoms with Crippen LogP contribution in [0.15, 0.2) is 47.8 Å². The van der Waals surface area contributed by atoms with Crippen LogP contribution in [0.25, 0.3) is 11.1 Å². The molecule has 1 aliphatic rings. The molecule has 11 heteroatoms. The maximum atomic E-state index is 12.8. The van der Waals surface area contributed by atoms with Crippen molar-refractivity contribution >= 4 is 21.7 Å². The lowest BCUT2D eigenvalue weighted by Gasteiger charge is -2.17. The van der Waals surface area contributed by atoms with Crippen LogP contribution in [0.2, 0.25) is 0 Å². The number of rotatable bonds is 7. The summed E-state index contributed by atoms with van der Waals surface area (Å²) in [6.07, 6.45) is 5.66. The fraction of sp³-hybridized carbons (Fsp3) is 0.348. The summed E-state index contributed by atoms with van der Waals surface area (Å²) in [5.41, 5.74) is 3.11. The van der Waals surface area contributed by atoms with Crippen LogP contribution in [0.5, 0.6) is 5.88 Å². The Kier molecular flexibility index (Phi) is 6.32. The SMILES string of the molecule is COc1cc(-c2ccc3c(c2NC(=O)NS(=O)(=O)c2ccn(CC(C)(C)O)n2)CCC3)ccn1. The van der Waals surface area contributed by atoms with Gasteiger partial charge in [0.25, 0.3) is 10.0 Å². The summed E-state index contributed by atoms with van der Waals surface area (Å²) in [5.74, 6) is 0.428. The maximum absolute atomic E-state index is 12.8. The zero-order chi connectivity index (χ0) is 24.5. The highest BCUT2D eigenvalue weighted by Gasteiger charge is 2.25. The second-order valence-electron chi connectivity index (χ2n) is 8.79. The molecule has 0 fully saturated rings. The van der Waals surface area contributed by atoms with E-state index in [1.165, 1.54) is 24.1 Å². The van der Waals surface area contributed by atoms with Crippen LogP contribution >= 0.6 is 0 Å². The molecule has 0 radical (unpaired) electrons. The number of amides is 2. The van der Waals surface area contributed by atoms with E-state index in [1.807, 2.05) is 16.9 Å². The number of urea groups is 1. The van der Waals surface area contributed by atoms with Gasteiger partial charge in [0.05, 0.1) is 24.9 Å². The van der Waals surface area contributed by atoms with Gasteiger partial charge in [0.15, 0.2) is 5.03 Å². The Bertz CT molecular complexity index is 1330. The number of fused-ring (bicyclic) bond motifs is 1. The van der Waals surface area contributed by atoms with Gasteiger partial charge in [-0.2, -0.15) is 13.5 Å². The van der Waals surface area contributed by atoms with Crippen LogP contribution in [-0.4, -0.2) is 47.0 Å². The Morgan fingerprint density at radius 3 is 2.76 bits per heavy atom. The normalized spacial score (nSPS) is 13.4. The first-order valence-electron chi connectivity index (χ1n) is 10.8. The summed E-state index contributed by atoms with van der Waals surface area (Å²) in [7, 11) is -2.70. The van der Waals surface area contributed by atoms with Gasteiger partial charge in [-0.15, -0.1) is 0 Å². The molecule has 10 nitrogen and oxygen atoms in total. The highest BCUT2D eigenvalue weighted by atomic mass is 32.2. The summed E-state index contributed by atoms with van der Waals surface area (Å²) < 4.78 is 34.1. The van der Waals surface area contributed by atoms with Gasteiger partial charge in [-0.05, 0) is 61.9 Å². The molecule has 0 saturated carbocycles. The van der Waals surface area contributed by atoms with E-state index in [4.69, 9.17) is 4.74 Å². The number of ether oxygens (including phenoxy) is 1. The van der Waals surface area contributed by atoms with E-state index in [0.29, 0.717) is 11.6 Å². The lowest BCUT2D eigenvalue weighted by atomic mass is 9.98. The first-order valence-corrected chi connectivity index (χ1v) is 12.3. The number of pyridine rings is 1. The van der Waals surface area contributed by atoms with E-state index in [1.54, 1.807) is 32.2 Å². The van der Waals surface area contributed by atoms with Crippen LogP contribution < -0.4 is 14.8 Å². The molecule has 0 spiro atoms. The average Bonchev–Trinajstić information content (AvgIpc) is 3.42. The predicted molar refractivity (Wildman–Crippen MR) is 126 cm³/mol. The Balaban J connectivity index is 1.60. The van der Waals surface area contributed by atoms with E-state index in [9.17, 15) is 18.3 Å². The Morgan fingerprint density at radius 2 is 2.03 bits per heavy atom. The smallest absolute Gasteiger partial charge is 0.333 e. The van der Waals surface area contributed by atoms with Gasteiger partial charge < -0.3 is 15.2 Å². The van der Waals surface area contributed by atoms with Crippen LogP contribution in [0.1, 0.15) is 31.4 Å². The summed E-state index contributed by atoms with van der Waals surface area (Å²) in [5, 5.41) is 16.3.